The van der Waals surface area contributed by atoms with Gasteiger partial charge in [0, 0.05) is 17.7 Å². The van der Waals surface area contributed by atoms with E-state index in [1.807, 2.05) is 0 Å². The highest BCUT2D eigenvalue weighted by Gasteiger charge is 2.23. The molecular formula is C13H19FN2O. The molecule has 1 unspecified atom stereocenters. The molecule has 1 aliphatic rings. The van der Waals surface area contributed by atoms with E-state index < -0.39 is 0 Å². The van der Waals surface area contributed by atoms with Gasteiger partial charge in [-0.15, -0.1) is 0 Å². The number of methoxy groups -OCH3 is 1. The second-order valence-electron chi connectivity index (χ2n) is 4.63. The number of hydrazine groups is 1. The van der Waals surface area contributed by atoms with E-state index in [0.717, 1.165) is 18.8 Å². The molecule has 1 saturated carbocycles. The van der Waals surface area contributed by atoms with Crippen molar-refractivity contribution >= 4 is 0 Å². The van der Waals surface area contributed by atoms with Crippen LogP contribution in [0.2, 0.25) is 0 Å². The Morgan fingerprint density at radius 1 is 1.53 bits per heavy atom. The first-order valence-corrected chi connectivity index (χ1v) is 6.04. The van der Waals surface area contributed by atoms with Crippen molar-refractivity contribution in [3.63, 3.8) is 0 Å². The van der Waals surface area contributed by atoms with Crippen molar-refractivity contribution in [3.05, 3.63) is 29.6 Å². The lowest BCUT2D eigenvalue weighted by Crippen LogP contribution is -2.28. The summed E-state index contributed by atoms with van der Waals surface area (Å²) in [7, 11) is 1.53. The summed E-state index contributed by atoms with van der Waals surface area (Å²) in [6.45, 7) is 0. The van der Waals surface area contributed by atoms with Crippen LogP contribution < -0.4 is 16.0 Å². The monoisotopic (exact) mass is 238 g/mol. The van der Waals surface area contributed by atoms with Crippen LogP contribution in [0.15, 0.2) is 18.2 Å². The molecule has 1 atom stereocenters. The first-order valence-electron chi connectivity index (χ1n) is 6.04. The molecule has 1 aliphatic carbocycles. The minimum atomic E-state index is -0.261. The number of benzene rings is 1. The zero-order chi connectivity index (χ0) is 12.3. The third-order valence-corrected chi connectivity index (χ3v) is 3.34. The van der Waals surface area contributed by atoms with Crippen molar-refractivity contribution in [2.75, 3.05) is 7.11 Å². The fraction of sp³-hybridized carbons (Fsp3) is 0.538. The van der Waals surface area contributed by atoms with Crippen LogP contribution >= 0.6 is 0 Å². The molecule has 3 nitrogen and oxygen atoms in total. The maximum atomic E-state index is 13.8. The predicted molar refractivity (Wildman–Crippen MR) is 65.0 cm³/mol. The van der Waals surface area contributed by atoms with Crippen LogP contribution in [0.25, 0.3) is 0 Å². The van der Waals surface area contributed by atoms with Crippen molar-refractivity contribution in [1.82, 2.24) is 5.43 Å². The minimum Gasteiger partial charge on any atom is -0.497 e. The number of hydrogen-bond donors (Lipinski definition) is 2. The average Bonchev–Trinajstić information content (AvgIpc) is 3.15. The van der Waals surface area contributed by atoms with Gasteiger partial charge in [-0.3, -0.25) is 11.3 Å². The zero-order valence-electron chi connectivity index (χ0n) is 10.1. The predicted octanol–water partition coefficient (Wildman–Crippen LogP) is 2.53. The van der Waals surface area contributed by atoms with E-state index in [-0.39, 0.29) is 11.9 Å². The van der Waals surface area contributed by atoms with E-state index in [9.17, 15) is 4.39 Å². The van der Waals surface area contributed by atoms with E-state index in [4.69, 9.17) is 10.6 Å². The normalized spacial score (nSPS) is 16.9. The number of halogens is 1. The molecule has 0 bridgehead atoms. The first kappa shape index (κ1) is 12.3. The lowest BCUT2D eigenvalue weighted by molar-refractivity contribution is 0.407. The smallest absolute Gasteiger partial charge is 0.131 e. The first-order chi connectivity index (χ1) is 8.24. The molecule has 0 amide bonds. The molecule has 17 heavy (non-hydrogen) atoms. The number of rotatable bonds is 6. The summed E-state index contributed by atoms with van der Waals surface area (Å²) < 4.78 is 18.8. The molecule has 94 valence electrons. The van der Waals surface area contributed by atoms with Crippen LogP contribution in [0.1, 0.15) is 37.3 Å². The fourth-order valence-electron chi connectivity index (χ4n) is 2.05. The van der Waals surface area contributed by atoms with Gasteiger partial charge in [0.15, 0.2) is 0 Å². The highest BCUT2D eigenvalue weighted by Crippen LogP contribution is 2.36. The molecule has 0 spiro atoms. The lowest BCUT2D eigenvalue weighted by atomic mass is 10.0. The fourth-order valence-corrected chi connectivity index (χ4v) is 2.05. The van der Waals surface area contributed by atoms with Gasteiger partial charge in [-0.05, 0) is 24.8 Å². The number of nitrogens with one attached hydrogen (secondary N) is 1. The average molecular weight is 238 g/mol. The molecule has 1 fully saturated rings. The minimum absolute atomic E-state index is 0.110. The second kappa shape index (κ2) is 5.47. The van der Waals surface area contributed by atoms with E-state index >= 15 is 0 Å². The van der Waals surface area contributed by atoms with Crippen molar-refractivity contribution in [2.24, 2.45) is 11.8 Å². The standard InChI is InChI=1S/C13H19FN2O/c1-17-10-5-6-11(12(14)8-10)13(16-15)7-4-9-2-3-9/h5-6,8-9,13,16H,2-4,7,15H2,1H3. The van der Waals surface area contributed by atoms with Crippen molar-refractivity contribution in [3.8, 4) is 5.75 Å². The Kier molecular flexibility index (Phi) is 3.97. The van der Waals surface area contributed by atoms with Gasteiger partial charge in [0.25, 0.3) is 0 Å². The lowest BCUT2D eigenvalue weighted by Gasteiger charge is -2.17. The molecule has 1 aromatic carbocycles. The van der Waals surface area contributed by atoms with Crippen LogP contribution in [0.5, 0.6) is 5.75 Å². The van der Waals surface area contributed by atoms with Gasteiger partial charge in [-0.25, -0.2) is 4.39 Å². The molecule has 4 heteroatoms. The molecule has 0 radical (unpaired) electrons. The van der Waals surface area contributed by atoms with E-state index in [0.29, 0.717) is 11.3 Å². The SMILES string of the molecule is COc1ccc(C(CCC2CC2)NN)c(F)c1. The van der Waals surface area contributed by atoms with Crippen molar-refractivity contribution in [2.45, 2.75) is 31.7 Å². The number of nitrogens with two attached hydrogens (primary N) is 1. The summed E-state index contributed by atoms with van der Waals surface area (Å²) in [5.74, 6) is 6.60. The Bertz CT molecular complexity index is 380. The number of ether oxygens (including phenoxy) is 1. The molecule has 0 heterocycles. The highest BCUT2D eigenvalue weighted by atomic mass is 19.1. The molecular weight excluding hydrogens is 219 g/mol. The third kappa shape index (κ3) is 3.17. The topological polar surface area (TPSA) is 47.3 Å². The van der Waals surface area contributed by atoms with Crippen LogP contribution in [0.4, 0.5) is 4.39 Å². The van der Waals surface area contributed by atoms with Crippen LogP contribution in [0, 0.1) is 11.7 Å². The molecule has 0 aliphatic heterocycles. The van der Waals surface area contributed by atoms with Gasteiger partial charge in [-0.1, -0.05) is 18.9 Å². The van der Waals surface area contributed by atoms with Gasteiger partial charge in [0.2, 0.25) is 0 Å². The van der Waals surface area contributed by atoms with Gasteiger partial charge < -0.3 is 4.74 Å². The van der Waals surface area contributed by atoms with E-state index in [2.05, 4.69) is 5.43 Å². The van der Waals surface area contributed by atoms with Crippen LogP contribution in [0.3, 0.4) is 0 Å². The molecule has 2 rings (SSSR count). The highest BCUT2D eigenvalue weighted by molar-refractivity contribution is 5.30. The Balaban J connectivity index is 2.05. The van der Waals surface area contributed by atoms with Gasteiger partial charge in [0.1, 0.15) is 11.6 Å². The molecule has 1 aromatic rings. The summed E-state index contributed by atoms with van der Waals surface area (Å²) in [6.07, 6.45) is 4.61. The summed E-state index contributed by atoms with van der Waals surface area (Å²) in [4.78, 5) is 0. The summed E-state index contributed by atoms with van der Waals surface area (Å²) in [5, 5.41) is 0. The molecule has 0 aromatic heterocycles. The maximum Gasteiger partial charge on any atom is 0.131 e. The Hall–Kier alpha value is -1.13. The Labute approximate surface area is 101 Å². The second-order valence-corrected chi connectivity index (χ2v) is 4.63. The van der Waals surface area contributed by atoms with Crippen molar-refractivity contribution in [1.29, 1.82) is 0 Å². The largest absolute Gasteiger partial charge is 0.497 e. The van der Waals surface area contributed by atoms with Gasteiger partial charge >= 0.3 is 0 Å². The molecule has 3 N–H and O–H groups in total. The summed E-state index contributed by atoms with van der Waals surface area (Å²) >= 11 is 0. The maximum absolute atomic E-state index is 13.8. The molecule has 0 saturated heterocycles. The van der Waals surface area contributed by atoms with Gasteiger partial charge in [-0.2, -0.15) is 0 Å². The van der Waals surface area contributed by atoms with Crippen LogP contribution in [-0.2, 0) is 0 Å². The third-order valence-electron chi connectivity index (χ3n) is 3.34. The van der Waals surface area contributed by atoms with E-state index in [1.54, 1.807) is 12.1 Å². The van der Waals surface area contributed by atoms with Crippen LogP contribution in [-0.4, -0.2) is 7.11 Å². The zero-order valence-corrected chi connectivity index (χ0v) is 10.1. The Morgan fingerprint density at radius 2 is 2.29 bits per heavy atom. The quantitative estimate of drug-likeness (QED) is 0.591. The van der Waals surface area contributed by atoms with Crippen molar-refractivity contribution < 1.29 is 9.13 Å². The Morgan fingerprint density at radius 3 is 2.82 bits per heavy atom. The number of hydrogen-bond acceptors (Lipinski definition) is 3. The summed E-state index contributed by atoms with van der Waals surface area (Å²) in [5.41, 5.74) is 3.32. The van der Waals surface area contributed by atoms with E-state index in [1.165, 1.54) is 26.0 Å². The van der Waals surface area contributed by atoms with Gasteiger partial charge in [0.05, 0.1) is 7.11 Å². The summed E-state index contributed by atoms with van der Waals surface area (Å²) in [6, 6.07) is 4.80.